The highest BCUT2D eigenvalue weighted by Crippen LogP contribution is 2.22. The van der Waals surface area contributed by atoms with Crippen LogP contribution in [0.15, 0.2) is 90.1 Å². The molecule has 0 saturated heterocycles. The highest BCUT2D eigenvalue weighted by atomic mass is 16.2. The van der Waals surface area contributed by atoms with Gasteiger partial charge in [-0.15, -0.1) is 0 Å². The van der Waals surface area contributed by atoms with Crippen molar-refractivity contribution in [2.24, 2.45) is 17.8 Å². The van der Waals surface area contributed by atoms with Crippen LogP contribution in [0.25, 0.3) is 10.9 Å². The van der Waals surface area contributed by atoms with E-state index >= 15 is 0 Å². The van der Waals surface area contributed by atoms with Gasteiger partial charge in [0.25, 0.3) is 0 Å². The monoisotopic (exact) mass is 411 g/mol. The van der Waals surface area contributed by atoms with Crippen molar-refractivity contribution in [3.63, 3.8) is 0 Å². The van der Waals surface area contributed by atoms with Gasteiger partial charge in [0.1, 0.15) is 0 Å². The summed E-state index contributed by atoms with van der Waals surface area (Å²) in [5.74, 6) is 0. The van der Waals surface area contributed by atoms with Crippen molar-refractivity contribution >= 4 is 34.0 Å². The highest BCUT2D eigenvalue weighted by molar-refractivity contribution is 6.05. The number of nitrogens with two attached hydrogens (primary N) is 1. The molecule has 1 atom stereocenters. The van der Waals surface area contributed by atoms with E-state index < -0.39 is 6.04 Å². The number of rotatable bonds is 5. The van der Waals surface area contributed by atoms with E-state index in [1.54, 1.807) is 7.05 Å². The van der Waals surface area contributed by atoms with Crippen molar-refractivity contribution in [2.75, 3.05) is 17.7 Å². The number of hydrogen-bond donors (Lipinski definition) is 3. The van der Waals surface area contributed by atoms with Gasteiger partial charge in [-0.3, -0.25) is 4.99 Å². The fraction of sp³-hybridized carbons (Fsp3) is 0.120. The van der Waals surface area contributed by atoms with E-state index in [2.05, 4.69) is 15.6 Å². The number of fused-ring (bicyclic) bond motifs is 1. The average Bonchev–Trinajstić information content (AvgIpc) is 3.15. The molecule has 0 aliphatic carbocycles. The fourth-order valence-electron chi connectivity index (χ4n) is 3.68. The Hall–Kier alpha value is -3.90. The standard InChI is InChI=1S/C25H25N5O/c1-27-24(17-7-4-3-5-8-17)23(26)19-9-6-10-20(16-19)28-25(31)29-21-11-12-22-18(15-21)13-14-30(22)2/h3-16,23H,26H2,1-2H3,(H2,28,29,31)/b27-24+. The molecule has 3 aromatic carbocycles. The summed E-state index contributed by atoms with van der Waals surface area (Å²) in [6.07, 6.45) is 1.99. The lowest BCUT2D eigenvalue weighted by atomic mass is 9.97. The maximum atomic E-state index is 12.5. The molecule has 1 aromatic heterocycles. The van der Waals surface area contributed by atoms with Crippen molar-refractivity contribution < 1.29 is 4.79 Å². The molecule has 0 fully saturated rings. The predicted octanol–water partition coefficient (Wildman–Crippen LogP) is 4.94. The number of benzene rings is 3. The minimum Gasteiger partial charge on any atom is -0.351 e. The van der Waals surface area contributed by atoms with E-state index in [1.165, 1.54) is 0 Å². The first-order valence-electron chi connectivity index (χ1n) is 10.1. The SMILES string of the molecule is C/N=C(\c1ccccc1)C(N)c1cccc(NC(=O)Nc2ccc3c(ccn3C)c2)c1. The zero-order chi connectivity index (χ0) is 21.8. The fourth-order valence-corrected chi connectivity index (χ4v) is 3.68. The van der Waals surface area contributed by atoms with E-state index in [0.717, 1.165) is 33.4 Å². The summed E-state index contributed by atoms with van der Waals surface area (Å²) >= 11 is 0. The topological polar surface area (TPSA) is 84.4 Å². The van der Waals surface area contributed by atoms with Crippen LogP contribution >= 0.6 is 0 Å². The molecule has 0 saturated carbocycles. The van der Waals surface area contributed by atoms with Gasteiger partial charge in [0.05, 0.1) is 11.8 Å². The first-order chi connectivity index (χ1) is 15.0. The molecule has 4 N–H and O–H groups in total. The summed E-state index contributed by atoms with van der Waals surface area (Å²) in [5.41, 5.74) is 11.6. The number of nitrogens with zero attached hydrogens (tertiary/aromatic N) is 2. The molecule has 0 aliphatic heterocycles. The molecule has 4 aromatic rings. The number of nitrogens with one attached hydrogen (secondary N) is 2. The van der Waals surface area contributed by atoms with Crippen LogP contribution in [0.4, 0.5) is 16.2 Å². The molecule has 6 heteroatoms. The normalized spacial score (nSPS) is 12.5. The van der Waals surface area contributed by atoms with Crippen LogP contribution in [-0.2, 0) is 7.05 Å². The van der Waals surface area contributed by atoms with E-state index in [4.69, 9.17) is 5.73 Å². The Morgan fingerprint density at radius 3 is 2.42 bits per heavy atom. The molecule has 1 unspecified atom stereocenters. The summed E-state index contributed by atoms with van der Waals surface area (Å²) in [4.78, 5) is 16.9. The lowest BCUT2D eigenvalue weighted by Crippen LogP contribution is -2.23. The van der Waals surface area contributed by atoms with Crippen LogP contribution in [-0.4, -0.2) is 23.4 Å². The smallest absolute Gasteiger partial charge is 0.323 e. The predicted molar refractivity (Wildman–Crippen MR) is 128 cm³/mol. The second kappa shape index (κ2) is 8.85. The van der Waals surface area contributed by atoms with Crippen LogP contribution in [0, 0.1) is 0 Å². The Morgan fingerprint density at radius 2 is 1.68 bits per heavy atom. The maximum absolute atomic E-state index is 12.5. The van der Waals surface area contributed by atoms with Crippen molar-refractivity contribution in [2.45, 2.75) is 6.04 Å². The van der Waals surface area contributed by atoms with E-state index in [-0.39, 0.29) is 6.03 Å². The average molecular weight is 412 g/mol. The molecule has 0 radical (unpaired) electrons. The Kier molecular flexibility index (Phi) is 5.82. The zero-order valence-corrected chi connectivity index (χ0v) is 17.5. The minimum atomic E-state index is -0.405. The van der Waals surface area contributed by atoms with Gasteiger partial charge in [0.2, 0.25) is 0 Å². The molecule has 156 valence electrons. The van der Waals surface area contributed by atoms with Gasteiger partial charge in [-0.2, -0.15) is 0 Å². The van der Waals surface area contributed by atoms with Gasteiger partial charge < -0.3 is 20.9 Å². The van der Waals surface area contributed by atoms with E-state index in [1.807, 2.05) is 96.7 Å². The van der Waals surface area contributed by atoms with Crippen LogP contribution < -0.4 is 16.4 Å². The Morgan fingerprint density at radius 1 is 0.935 bits per heavy atom. The Balaban J connectivity index is 1.47. The van der Waals surface area contributed by atoms with Crippen molar-refractivity contribution in [1.29, 1.82) is 0 Å². The second-order valence-corrected chi connectivity index (χ2v) is 7.36. The Labute approximate surface area is 181 Å². The summed E-state index contributed by atoms with van der Waals surface area (Å²) in [5, 5.41) is 6.84. The van der Waals surface area contributed by atoms with Gasteiger partial charge in [-0.05, 0) is 47.5 Å². The molecule has 31 heavy (non-hydrogen) atoms. The van der Waals surface area contributed by atoms with Gasteiger partial charge >= 0.3 is 6.03 Å². The number of carbonyl (C=O) groups excluding carboxylic acids is 1. The number of aromatic nitrogens is 1. The molecule has 0 bridgehead atoms. The lowest BCUT2D eigenvalue weighted by molar-refractivity contribution is 0.262. The number of hydrogen-bond acceptors (Lipinski definition) is 3. The summed E-state index contributed by atoms with van der Waals surface area (Å²) in [6, 6.07) is 24.5. The van der Waals surface area contributed by atoms with Gasteiger partial charge in [0, 0.05) is 42.6 Å². The van der Waals surface area contributed by atoms with Gasteiger partial charge in [0.15, 0.2) is 0 Å². The highest BCUT2D eigenvalue weighted by Gasteiger charge is 2.16. The van der Waals surface area contributed by atoms with E-state index in [0.29, 0.717) is 5.69 Å². The molecule has 6 nitrogen and oxygen atoms in total. The maximum Gasteiger partial charge on any atom is 0.323 e. The van der Waals surface area contributed by atoms with E-state index in [9.17, 15) is 4.79 Å². The summed E-state index contributed by atoms with van der Waals surface area (Å²) < 4.78 is 2.04. The van der Waals surface area contributed by atoms with Gasteiger partial charge in [-0.25, -0.2) is 4.79 Å². The molecular weight excluding hydrogens is 386 g/mol. The van der Waals surface area contributed by atoms with Crippen LogP contribution in [0.1, 0.15) is 17.2 Å². The number of carbonyl (C=O) groups is 1. The zero-order valence-electron chi connectivity index (χ0n) is 17.5. The largest absolute Gasteiger partial charge is 0.351 e. The third-order valence-corrected chi connectivity index (χ3v) is 5.25. The van der Waals surface area contributed by atoms with Crippen LogP contribution in [0.3, 0.4) is 0 Å². The Bertz CT molecular complexity index is 1240. The van der Waals surface area contributed by atoms with Crippen LogP contribution in [0.2, 0.25) is 0 Å². The summed E-state index contributed by atoms with van der Waals surface area (Å²) in [6.45, 7) is 0. The van der Waals surface area contributed by atoms with Crippen molar-refractivity contribution in [3.8, 4) is 0 Å². The second-order valence-electron chi connectivity index (χ2n) is 7.36. The number of aliphatic imine (C=N–C) groups is 1. The minimum absolute atomic E-state index is 0.312. The molecular formula is C25H25N5O. The van der Waals surface area contributed by atoms with Crippen molar-refractivity contribution in [3.05, 3.63) is 96.2 Å². The van der Waals surface area contributed by atoms with Crippen molar-refractivity contribution in [1.82, 2.24) is 4.57 Å². The molecule has 1 heterocycles. The first kappa shape index (κ1) is 20.4. The third kappa shape index (κ3) is 4.49. The number of aryl methyl sites for hydroxylation is 1. The molecule has 2 amide bonds. The quantitative estimate of drug-likeness (QED) is 0.406. The van der Waals surface area contributed by atoms with Gasteiger partial charge in [-0.1, -0.05) is 42.5 Å². The first-order valence-corrected chi connectivity index (χ1v) is 10.1. The molecule has 4 rings (SSSR count). The lowest BCUT2D eigenvalue weighted by Gasteiger charge is -2.17. The molecule has 0 aliphatic rings. The third-order valence-electron chi connectivity index (χ3n) is 5.25. The molecule has 0 spiro atoms. The summed E-state index contributed by atoms with van der Waals surface area (Å²) in [7, 11) is 3.73. The van der Waals surface area contributed by atoms with Crippen LogP contribution in [0.5, 0.6) is 0 Å². The number of urea groups is 1. The number of anilines is 2. The number of amides is 2.